The summed E-state index contributed by atoms with van der Waals surface area (Å²) in [6.07, 6.45) is 5.22. The van der Waals surface area contributed by atoms with Crippen molar-refractivity contribution in [2.75, 3.05) is 11.9 Å². The average Bonchev–Trinajstić information content (AvgIpc) is 3.29. The number of hydrogen-bond acceptors (Lipinski definition) is 4. The van der Waals surface area contributed by atoms with Gasteiger partial charge in [-0.2, -0.15) is 0 Å². The predicted octanol–water partition coefficient (Wildman–Crippen LogP) is 3.61. The van der Waals surface area contributed by atoms with Gasteiger partial charge in [-0.15, -0.1) is 0 Å². The van der Waals surface area contributed by atoms with Crippen LogP contribution in [-0.4, -0.2) is 24.5 Å². The molecule has 2 aromatic carbocycles. The number of aliphatic imine (C=N–C) groups is 2. The van der Waals surface area contributed by atoms with E-state index in [1.807, 2.05) is 30.6 Å². The lowest BCUT2D eigenvalue weighted by Crippen LogP contribution is -2.30. The minimum absolute atomic E-state index is 0.289. The molecule has 2 aromatic rings. The normalized spacial score (nSPS) is 14.7. The summed E-state index contributed by atoms with van der Waals surface area (Å²) in [6, 6.07) is 11.4. The van der Waals surface area contributed by atoms with Crippen LogP contribution in [0.4, 0.5) is 15.8 Å². The van der Waals surface area contributed by atoms with Gasteiger partial charge in [0.1, 0.15) is 11.7 Å². The van der Waals surface area contributed by atoms with Gasteiger partial charge in [-0.3, -0.25) is 9.79 Å². The second-order valence-electron chi connectivity index (χ2n) is 6.22. The van der Waals surface area contributed by atoms with Crippen molar-refractivity contribution in [2.24, 2.45) is 9.98 Å². The van der Waals surface area contributed by atoms with Gasteiger partial charge in [-0.05, 0) is 47.5 Å². The monoisotopic (exact) mass is 348 g/mol. The first kappa shape index (κ1) is 16.2. The van der Waals surface area contributed by atoms with Gasteiger partial charge in [-0.1, -0.05) is 6.07 Å². The molecule has 0 unspecified atom stereocenters. The zero-order chi connectivity index (χ0) is 17.9. The molecule has 0 radical (unpaired) electrons. The fourth-order valence-corrected chi connectivity index (χ4v) is 2.88. The summed E-state index contributed by atoms with van der Waals surface area (Å²) in [4.78, 5) is 20.8. The van der Waals surface area contributed by atoms with Crippen LogP contribution >= 0.6 is 0 Å². The first-order valence-electron chi connectivity index (χ1n) is 8.38. The molecule has 0 saturated heterocycles. The Balaban J connectivity index is 1.41. The molecule has 0 spiro atoms. The SMILES string of the molecule is O=C(NC1=Nc2cc(NCC3=CN=CC3)ccc2C1)c1ccc(F)cc1. The lowest BCUT2D eigenvalue weighted by Gasteiger charge is -2.07. The highest BCUT2D eigenvalue weighted by Crippen LogP contribution is 2.29. The minimum atomic E-state index is -0.368. The van der Waals surface area contributed by atoms with Crippen LogP contribution in [0.5, 0.6) is 0 Å². The van der Waals surface area contributed by atoms with Gasteiger partial charge in [-0.25, -0.2) is 9.38 Å². The number of anilines is 1. The maximum atomic E-state index is 13.0. The van der Waals surface area contributed by atoms with Gasteiger partial charge < -0.3 is 10.6 Å². The van der Waals surface area contributed by atoms with E-state index in [0.717, 1.165) is 29.9 Å². The fraction of sp³-hybridized carbons (Fsp3) is 0.150. The molecule has 0 aromatic heterocycles. The zero-order valence-electron chi connectivity index (χ0n) is 14.0. The topological polar surface area (TPSA) is 65.8 Å². The number of amidine groups is 1. The Bertz CT molecular complexity index is 945. The molecule has 0 aliphatic carbocycles. The third kappa shape index (κ3) is 3.54. The molecule has 2 aliphatic rings. The number of nitrogens with zero attached hydrogens (tertiary/aromatic N) is 2. The number of amides is 1. The summed E-state index contributed by atoms with van der Waals surface area (Å²) in [6.45, 7) is 0.747. The molecule has 26 heavy (non-hydrogen) atoms. The molecule has 0 atom stereocenters. The molecule has 2 N–H and O–H groups in total. The summed E-state index contributed by atoms with van der Waals surface area (Å²) in [5.41, 5.74) is 4.53. The van der Waals surface area contributed by atoms with Crippen LogP contribution in [0.2, 0.25) is 0 Å². The Morgan fingerprint density at radius 3 is 2.77 bits per heavy atom. The average molecular weight is 348 g/mol. The van der Waals surface area contributed by atoms with E-state index in [0.29, 0.717) is 17.8 Å². The third-order valence-corrected chi connectivity index (χ3v) is 4.30. The van der Waals surface area contributed by atoms with E-state index in [1.165, 1.54) is 29.8 Å². The summed E-state index contributed by atoms with van der Waals surface area (Å²) in [5, 5.41) is 6.16. The summed E-state index contributed by atoms with van der Waals surface area (Å²) in [5.74, 6) is -0.0615. The summed E-state index contributed by atoms with van der Waals surface area (Å²) < 4.78 is 13.0. The van der Waals surface area contributed by atoms with Gasteiger partial charge in [0, 0.05) is 43.1 Å². The summed E-state index contributed by atoms with van der Waals surface area (Å²) >= 11 is 0. The molecule has 0 fully saturated rings. The zero-order valence-corrected chi connectivity index (χ0v) is 14.0. The number of hydrogen-bond donors (Lipinski definition) is 2. The van der Waals surface area contributed by atoms with Crippen molar-refractivity contribution in [3.05, 3.63) is 71.2 Å². The van der Waals surface area contributed by atoms with Crippen LogP contribution in [0.1, 0.15) is 22.3 Å². The van der Waals surface area contributed by atoms with Crippen molar-refractivity contribution < 1.29 is 9.18 Å². The Hall–Kier alpha value is -3.28. The van der Waals surface area contributed by atoms with Gasteiger partial charge >= 0.3 is 0 Å². The molecule has 5 nitrogen and oxygen atoms in total. The molecule has 6 heteroatoms. The van der Waals surface area contributed by atoms with Gasteiger partial charge in [0.25, 0.3) is 5.91 Å². The van der Waals surface area contributed by atoms with Crippen molar-refractivity contribution >= 4 is 29.3 Å². The Morgan fingerprint density at radius 1 is 1.15 bits per heavy atom. The highest BCUT2D eigenvalue weighted by Gasteiger charge is 2.17. The van der Waals surface area contributed by atoms with Crippen molar-refractivity contribution in [1.29, 1.82) is 0 Å². The van der Waals surface area contributed by atoms with Crippen molar-refractivity contribution in [3.8, 4) is 0 Å². The number of carbonyl (C=O) groups is 1. The van der Waals surface area contributed by atoms with E-state index < -0.39 is 0 Å². The Kier molecular flexibility index (Phi) is 4.31. The van der Waals surface area contributed by atoms with Gasteiger partial charge in [0.2, 0.25) is 0 Å². The molecule has 1 amide bonds. The molecule has 4 rings (SSSR count). The molecular formula is C20H17FN4O. The van der Waals surface area contributed by atoms with E-state index in [4.69, 9.17) is 0 Å². The van der Waals surface area contributed by atoms with Crippen LogP contribution in [0, 0.1) is 5.82 Å². The number of benzene rings is 2. The number of nitrogens with one attached hydrogen (secondary N) is 2. The highest BCUT2D eigenvalue weighted by molar-refractivity contribution is 6.09. The van der Waals surface area contributed by atoms with E-state index in [-0.39, 0.29) is 11.7 Å². The molecule has 0 saturated carbocycles. The Labute approximate surface area is 150 Å². The quantitative estimate of drug-likeness (QED) is 0.886. The smallest absolute Gasteiger partial charge is 0.256 e. The maximum absolute atomic E-state index is 13.0. The maximum Gasteiger partial charge on any atom is 0.256 e. The molecular weight excluding hydrogens is 331 g/mol. The predicted molar refractivity (Wildman–Crippen MR) is 101 cm³/mol. The number of rotatable bonds is 4. The van der Waals surface area contributed by atoms with Crippen molar-refractivity contribution in [3.63, 3.8) is 0 Å². The first-order chi connectivity index (χ1) is 12.7. The van der Waals surface area contributed by atoms with Crippen LogP contribution in [0.3, 0.4) is 0 Å². The van der Waals surface area contributed by atoms with E-state index in [1.54, 1.807) is 0 Å². The second kappa shape index (κ2) is 6.92. The number of fused-ring (bicyclic) bond motifs is 1. The molecule has 2 aliphatic heterocycles. The van der Waals surface area contributed by atoms with Gasteiger partial charge in [0.05, 0.1) is 5.69 Å². The molecule has 130 valence electrons. The highest BCUT2D eigenvalue weighted by atomic mass is 19.1. The molecule has 2 heterocycles. The largest absolute Gasteiger partial charge is 0.381 e. The van der Waals surface area contributed by atoms with Crippen LogP contribution in [0.25, 0.3) is 0 Å². The van der Waals surface area contributed by atoms with E-state index in [9.17, 15) is 9.18 Å². The fourth-order valence-electron chi connectivity index (χ4n) is 2.88. The van der Waals surface area contributed by atoms with Gasteiger partial charge in [0.15, 0.2) is 0 Å². The standard InChI is InChI=1S/C20H17FN4O/c21-16-4-1-14(2-5-16)20(26)25-19-9-15-3-6-17(10-18(15)24-19)23-12-13-7-8-22-11-13/h1-6,8,10-11,23H,7,9,12H2,(H,24,25,26). The van der Waals surface area contributed by atoms with Crippen LogP contribution in [0.15, 0.2) is 64.2 Å². The number of carbonyl (C=O) groups excluding carboxylic acids is 1. The first-order valence-corrected chi connectivity index (χ1v) is 8.38. The number of halogens is 1. The van der Waals surface area contributed by atoms with E-state index >= 15 is 0 Å². The lowest BCUT2D eigenvalue weighted by atomic mass is 10.1. The third-order valence-electron chi connectivity index (χ3n) is 4.30. The van der Waals surface area contributed by atoms with Crippen molar-refractivity contribution in [1.82, 2.24) is 5.32 Å². The van der Waals surface area contributed by atoms with Crippen LogP contribution < -0.4 is 10.6 Å². The van der Waals surface area contributed by atoms with Crippen molar-refractivity contribution in [2.45, 2.75) is 12.8 Å². The molecule has 0 bridgehead atoms. The van der Waals surface area contributed by atoms with E-state index in [2.05, 4.69) is 20.6 Å². The second-order valence-corrected chi connectivity index (χ2v) is 6.22. The summed E-state index contributed by atoms with van der Waals surface area (Å²) in [7, 11) is 0. The Morgan fingerprint density at radius 2 is 2.00 bits per heavy atom. The minimum Gasteiger partial charge on any atom is -0.381 e. The lowest BCUT2D eigenvalue weighted by molar-refractivity contribution is 0.0976. The van der Waals surface area contributed by atoms with Crippen LogP contribution in [-0.2, 0) is 6.42 Å².